The van der Waals surface area contributed by atoms with Gasteiger partial charge in [0.1, 0.15) is 6.54 Å². The number of aromatic carboxylic acids is 1. The first-order valence-electron chi connectivity index (χ1n) is 6.78. The number of hydrogen-bond donors (Lipinski definition) is 3. The monoisotopic (exact) mass is 295 g/mol. The number of rotatable bonds is 4. The lowest BCUT2D eigenvalue weighted by Crippen LogP contribution is -2.46. The first-order valence-corrected chi connectivity index (χ1v) is 6.78. The summed E-state index contributed by atoms with van der Waals surface area (Å²) in [5.41, 5.74) is -0.255. The van der Waals surface area contributed by atoms with Crippen LogP contribution >= 0.6 is 0 Å². The highest BCUT2D eigenvalue weighted by molar-refractivity contribution is 5.94. The van der Waals surface area contributed by atoms with Gasteiger partial charge >= 0.3 is 12.0 Å². The van der Waals surface area contributed by atoms with Crippen LogP contribution in [0.15, 0.2) is 6.20 Å². The molecule has 0 spiro atoms. The smallest absolute Gasteiger partial charge is 0.358 e. The van der Waals surface area contributed by atoms with E-state index in [0.717, 1.165) is 36.6 Å². The van der Waals surface area contributed by atoms with Crippen molar-refractivity contribution in [2.75, 3.05) is 0 Å². The van der Waals surface area contributed by atoms with Gasteiger partial charge in [0.05, 0.1) is 6.20 Å². The second kappa shape index (κ2) is 6.82. The fourth-order valence-corrected chi connectivity index (χ4v) is 2.26. The Labute approximate surface area is 120 Å². The molecular weight excluding hydrogens is 278 g/mol. The molecule has 2 rings (SSSR count). The topological polar surface area (TPSA) is 126 Å². The summed E-state index contributed by atoms with van der Waals surface area (Å²) in [4.78, 5) is 33.9. The van der Waals surface area contributed by atoms with Gasteiger partial charge in [0, 0.05) is 6.04 Å². The van der Waals surface area contributed by atoms with Crippen LogP contribution in [0.4, 0.5) is 4.79 Å². The number of carbonyl (C=O) groups is 3. The molecule has 9 heteroatoms. The standard InChI is InChI=1S/C12H17N5O4/c18-10(7-17-6-9(11(19)20)15-16-17)14-12(21)13-8-4-2-1-3-5-8/h6,8H,1-5,7H2,(H,19,20)(H2,13,14,18,21). The van der Waals surface area contributed by atoms with Gasteiger partial charge in [0.15, 0.2) is 5.69 Å². The quantitative estimate of drug-likeness (QED) is 0.725. The Morgan fingerprint density at radius 2 is 2.00 bits per heavy atom. The number of carbonyl (C=O) groups excluding carboxylic acids is 2. The zero-order chi connectivity index (χ0) is 15.2. The van der Waals surface area contributed by atoms with Crippen molar-refractivity contribution in [3.8, 4) is 0 Å². The molecule has 0 bridgehead atoms. The summed E-state index contributed by atoms with van der Waals surface area (Å²) in [6.45, 7) is -0.266. The van der Waals surface area contributed by atoms with Gasteiger partial charge in [-0.3, -0.25) is 10.1 Å². The molecular formula is C12H17N5O4. The molecule has 0 unspecified atom stereocenters. The number of nitrogens with one attached hydrogen (secondary N) is 2. The number of amides is 3. The molecule has 1 heterocycles. The minimum Gasteiger partial charge on any atom is -0.476 e. The first-order chi connectivity index (χ1) is 10.0. The van der Waals surface area contributed by atoms with Crippen LogP contribution in [0.1, 0.15) is 42.6 Å². The molecule has 3 N–H and O–H groups in total. The zero-order valence-corrected chi connectivity index (χ0v) is 11.4. The van der Waals surface area contributed by atoms with Crippen molar-refractivity contribution < 1.29 is 19.5 Å². The van der Waals surface area contributed by atoms with E-state index in [4.69, 9.17) is 5.11 Å². The predicted molar refractivity (Wildman–Crippen MR) is 70.5 cm³/mol. The van der Waals surface area contributed by atoms with Gasteiger partial charge in [-0.05, 0) is 12.8 Å². The summed E-state index contributed by atoms with van der Waals surface area (Å²) in [6.07, 6.45) is 6.31. The van der Waals surface area contributed by atoms with Crippen LogP contribution in [-0.2, 0) is 11.3 Å². The van der Waals surface area contributed by atoms with Gasteiger partial charge in [-0.15, -0.1) is 5.10 Å². The number of urea groups is 1. The molecule has 114 valence electrons. The summed E-state index contributed by atoms with van der Waals surface area (Å²) >= 11 is 0. The van der Waals surface area contributed by atoms with Gasteiger partial charge in [-0.25, -0.2) is 14.3 Å². The lowest BCUT2D eigenvalue weighted by molar-refractivity contribution is -0.120. The average Bonchev–Trinajstić information content (AvgIpc) is 2.88. The van der Waals surface area contributed by atoms with E-state index in [-0.39, 0.29) is 18.3 Å². The molecule has 1 aliphatic carbocycles. The van der Waals surface area contributed by atoms with Crippen LogP contribution in [0.3, 0.4) is 0 Å². The molecule has 0 atom stereocenters. The minimum atomic E-state index is -1.23. The van der Waals surface area contributed by atoms with Crippen LogP contribution in [0.2, 0.25) is 0 Å². The predicted octanol–water partition coefficient (Wildman–Crippen LogP) is 0.135. The second-order valence-corrected chi connectivity index (χ2v) is 4.96. The Morgan fingerprint density at radius 3 is 2.62 bits per heavy atom. The third-order valence-corrected chi connectivity index (χ3v) is 3.26. The van der Waals surface area contributed by atoms with Gasteiger partial charge in [-0.1, -0.05) is 24.5 Å². The highest BCUT2D eigenvalue weighted by Crippen LogP contribution is 2.17. The van der Waals surface area contributed by atoms with Gasteiger partial charge in [0.25, 0.3) is 0 Å². The lowest BCUT2D eigenvalue weighted by atomic mass is 9.96. The van der Waals surface area contributed by atoms with Crippen molar-refractivity contribution in [1.82, 2.24) is 25.6 Å². The zero-order valence-electron chi connectivity index (χ0n) is 11.4. The second-order valence-electron chi connectivity index (χ2n) is 4.96. The maximum Gasteiger partial charge on any atom is 0.358 e. The number of hydrogen-bond acceptors (Lipinski definition) is 5. The molecule has 1 fully saturated rings. The molecule has 0 aliphatic heterocycles. The fourth-order valence-electron chi connectivity index (χ4n) is 2.26. The third-order valence-electron chi connectivity index (χ3n) is 3.26. The largest absolute Gasteiger partial charge is 0.476 e. The van der Waals surface area contributed by atoms with E-state index in [1.807, 2.05) is 0 Å². The van der Waals surface area contributed by atoms with E-state index < -0.39 is 17.9 Å². The molecule has 0 aromatic carbocycles. The molecule has 0 saturated heterocycles. The van der Waals surface area contributed by atoms with E-state index >= 15 is 0 Å². The molecule has 3 amide bonds. The summed E-state index contributed by atoms with van der Waals surface area (Å²) in [7, 11) is 0. The van der Waals surface area contributed by atoms with Crippen LogP contribution in [0.25, 0.3) is 0 Å². The molecule has 1 aromatic rings. The van der Waals surface area contributed by atoms with Crippen molar-refractivity contribution in [2.24, 2.45) is 0 Å². The summed E-state index contributed by atoms with van der Waals surface area (Å²) in [5.74, 6) is -1.80. The molecule has 9 nitrogen and oxygen atoms in total. The van der Waals surface area contributed by atoms with Crippen molar-refractivity contribution in [3.05, 3.63) is 11.9 Å². The number of carboxylic acids is 1. The lowest BCUT2D eigenvalue weighted by Gasteiger charge is -2.22. The van der Waals surface area contributed by atoms with E-state index in [0.29, 0.717) is 0 Å². The minimum absolute atomic E-state index is 0.108. The molecule has 1 aromatic heterocycles. The molecule has 1 saturated carbocycles. The number of nitrogens with zero attached hydrogens (tertiary/aromatic N) is 3. The van der Waals surface area contributed by atoms with Crippen molar-refractivity contribution in [2.45, 2.75) is 44.7 Å². The van der Waals surface area contributed by atoms with Crippen molar-refractivity contribution >= 4 is 17.9 Å². The van der Waals surface area contributed by atoms with E-state index in [1.54, 1.807) is 0 Å². The number of aromatic nitrogens is 3. The Balaban J connectivity index is 1.77. The van der Waals surface area contributed by atoms with Gasteiger partial charge < -0.3 is 10.4 Å². The Hall–Kier alpha value is -2.45. The van der Waals surface area contributed by atoms with E-state index in [2.05, 4.69) is 20.9 Å². The van der Waals surface area contributed by atoms with Crippen LogP contribution in [-0.4, -0.2) is 44.0 Å². The Kier molecular flexibility index (Phi) is 4.85. The first kappa shape index (κ1) is 14.9. The number of imide groups is 1. The molecule has 1 aliphatic rings. The van der Waals surface area contributed by atoms with Gasteiger partial charge in [-0.2, -0.15) is 0 Å². The Bertz CT molecular complexity index is 536. The highest BCUT2D eigenvalue weighted by Gasteiger charge is 2.17. The summed E-state index contributed by atoms with van der Waals surface area (Å²) in [5, 5.41) is 20.5. The SMILES string of the molecule is O=C(Cn1cc(C(=O)O)nn1)NC(=O)NC1CCCCC1. The summed E-state index contributed by atoms with van der Waals surface area (Å²) < 4.78 is 1.06. The van der Waals surface area contributed by atoms with Gasteiger partial charge in [0.2, 0.25) is 5.91 Å². The third kappa shape index (κ3) is 4.55. The van der Waals surface area contributed by atoms with E-state index in [1.165, 1.54) is 6.42 Å². The maximum absolute atomic E-state index is 11.6. The van der Waals surface area contributed by atoms with Crippen LogP contribution in [0.5, 0.6) is 0 Å². The van der Waals surface area contributed by atoms with Crippen molar-refractivity contribution in [3.63, 3.8) is 0 Å². The van der Waals surface area contributed by atoms with Crippen LogP contribution in [0, 0.1) is 0 Å². The summed E-state index contributed by atoms with van der Waals surface area (Å²) in [6, 6.07) is -0.429. The van der Waals surface area contributed by atoms with Crippen molar-refractivity contribution in [1.29, 1.82) is 0 Å². The highest BCUT2D eigenvalue weighted by atomic mass is 16.4. The van der Waals surface area contributed by atoms with E-state index in [9.17, 15) is 14.4 Å². The van der Waals surface area contributed by atoms with Crippen LogP contribution < -0.4 is 10.6 Å². The molecule has 0 radical (unpaired) electrons. The number of carboxylic acid groups (broad SMARTS) is 1. The average molecular weight is 295 g/mol. The Morgan fingerprint density at radius 1 is 1.29 bits per heavy atom. The fraction of sp³-hybridized carbons (Fsp3) is 0.583. The molecule has 21 heavy (non-hydrogen) atoms. The normalized spacial score (nSPS) is 15.4. The maximum atomic E-state index is 11.6.